The van der Waals surface area contributed by atoms with Crippen molar-refractivity contribution in [3.8, 4) is 21.1 Å². The number of aryl methyl sites for hydroxylation is 1. The van der Waals surface area contributed by atoms with E-state index < -0.39 is 5.41 Å². The molecular weight excluding hydrogens is 487 g/mol. The number of aromatic nitrogens is 6. The van der Waals surface area contributed by atoms with Gasteiger partial charge in [0.15, 0.2) is 5.01 Å². The lowest BCUT2D eigenvalue weighted by Gasteiger charge is -2.26. The van der Waals surface area contributed by atoms with Gasteiger partial charge in [-0.15, -0.1) is 20.4 Å². The summed E-state index contributed by atoms with van der Waals surface area (Å²) in [5.41, 5.74) is 1.53. The average Bonchev–Trinajstić information content (AvgIpc) is 3.55. The summed E-state index contributed by atoms with van der Waals surface area (Å²) in [7, 11) is 1.75. The maximum Gasteiger partial charge on any atom is 0.235 e. The van der Waals surface area contributed by atoms with Gasteiger partial charge in [0.1, 0.15) is 10.0 Å². The third-order valence-electron chi connectivity index (χ3n) is 4.68. The highest BCUT2D eigenvalue weighted by Crippen LogP contribution is 2.31. The van der Waals surface area contributed by atoms with Crippen LogP contribution < -0.4 is 4.90 Å². The van der Waals surface area contributed by atoms with Gasteiger partial charge in [-0.25, -0.2) is 0 Å². The van der Waals surface area contributed by atoms with Crippen LogP contribution in [0.2, 0.25) is 0 Å². The molecule has 0 bridgehead atoms. The summed E-state index contributed by atoms with van der Waals surface area (Å²) in [6.07, 6.45) is 9.96. The maximum absolute atomic E-state index is 12.5. The summed E-state index contributed by atoms with van der Waals surface area (Å²) in [4.78, 5) is 22.2. The van der Waals surface area contributed by atoms with E-state index in [-0.39, 0.29) is 5.91 Å². The topological polar surface area (TPSA) is 97.7 Å². The van der Waals surface area contributed by atoms with Gasteiger partial charge in [-0.2, -0.15) is 11.8 Å². The van der Waals surface area contributed by atoms with Gasteiger partial charge in [-0.05, 0) is 36.9 Å². The molecule has 11 heteroatoms. The molecule has 0 saturated heterocycles. The second kappa shape index (κ2) is 12.1. The van der Waals surface area contributed by atoms with Crippen LogP contribution in [0.4, 0.5) is 5.13 Å². The molecule has 0 aliphatic heterocycles. The molecule has 34 heavy (non-hydrogen) atoms. The van der Waals surface area contributed by atoms with Crippen LogP contribution in [0.15, 0.2) is 49.1 Å². The van der Waals surface area contributed by atoms with Crippen LogP contribution in [0.5, 0.6) is 0 Å². The zero-order valence-electron chi connectivity index (χ0n) is 19.8. The molecule has 8 nitrogen and oxygen atoms in total. The Hall–Kier alpha value is -2.76. The van der Waals surface area contributed by atoms with Crippen molar-refractivity contribution in [2.45, 2.75) is 27.2 Å². The van der Waals surface area contributed by atoms with E-state index in [0.29, 0.717) is 5.13 Å². The van der Waals surface area contributed by atoms with E-state index in [4.69, 9.17) is 0 Å². The fourth-order valence-corrected chi connectivity index (χ4v) is 5.33. The molecule has 4 heterocycles. The van der Waals surface area contributed by atoms with Crippen LogP contribution in [0.1, 0.15) is 25.8 Å². The molecule has 0 radical (unpaired) electrons. The van der Waals surface area contributed by atoms with Crippen molar-refractivity contribution in [2.24, 2.45) is 5.41 Å². The maximum atomic E-state index is 12.5. The minimum Gasteiger partial charge on any atom is -0.289 e. The van der Waals surface area contributed by atoms with Crippen molar-refractivity contribution >= 4 is 45.5 Å². The first-order valence-electron chi connectivity index (χ1n) is 10.6. The van der Waals surface area contributed by atoms with Gasteiger partial charge in [0.2, 0.25) is 11.0 Å². The van der Waals surface area contributed by atoms with Crippen molar-refractivity contribution < 1.29 is 4.79 Å². The second-order valence-electron chi connectivity index (χ2n) is 7.91. The Kier molecular flexibility index (Phi) is 9.20. The van der Waals surface area contributed by atoms with Gasteiger partial charge >= 0.3 is 0 Å². The fourth-order valence-electron chi connectivity index (χ4n) is 2.92. The molecular formula is C23H27N7OS3. The molecule has 0 spiro atoms. The molecule has 0 atom stereocenters. The van der Waals surface area contributed by atoms with E-state index in [9.17, 15) is 4.79 Å². The van der Waals surface area contributed by atoms with Gasteiger partial charge in [0, 0.05) is 48.7 Å². The number of hydrogen-bond donors (Lipinski definition) is 0. The quantitative estimate of drug-likeness (QED) is 0.336. The minimum atomic E-state index is -0.422. The number of thioether (sulfide) groups is 1. The normalized spacial score (nSPS) is 11.0. The SMILES string of the molecule is CCc1nnc(-c2cccnc2)s1.CSCC(C)(C)C(=O)N(C)c1nnc(-c2cccnc2)s1. The van der Waals surface area contributed by atoms with E-state index in [1.54, 1.807) is 59.8 Å². The molecule has 0 fully saturated rings. The molecule has 0 N–H and O–H groups in total. The number of carbonyl (C=O) groups excluding carboxylic acids is 1. The molecule has 0 aromatic carbocycles. The number of anilines is 1. The van der Waals surface area contributed by atoms with E-state index >= 15 is 0 Å². The Labute approximate surface area is 211 Å². The van der Waals surface area contributed by atoms with Crippen molar-refractivity contribution in [3.05, 3.63) is 54.1 Å². The summed E-state index contributed by atoms with van der Waals surface area (Å²) in [5.74, 6) is 0.815. The van der Waals surface area contributed by atoms with Gasteiger partial charge in [0.05, 0.1) is 5.41 Å². The second-order valence-corrected chi connectivity index (χ2v) is 10.8. The van der Waals surface area contributed by atoms with Crippen LogP contribution >= 0.6 is 34.4 Å². The molecule has 178 valence electrons. The summed E-state index contributed by atoms with van der Waals surface area (Å²) in [6.45, 7) is 5.98. The predicted octanol–water partition coefficient (Wildman–Crippen LogP) is 5.11. The van der Waals surface area contributed by atoms with E-state index in [1.165, 1.54) is 11.3 Å². The molecule has 4 rings (SSSR count). The van der Waals surface area contributed by atoms with Gasteiger partial charge in [-0.1, -0.05) is 43.4 Å². The third-order valence-corrected chi connectivity index (χ3v) is 7.85. The smallest absolute Gasteiger partial charge is 0.235 e. The summed E-state index contributed by atoms with van der Waals surface area (Å²) >= 11 is 4.68. The first-order valence-corrected chi connectivity index (χ1v) is 13.6. The molecule has 0 unspecified atom stereocenters. The highest BCUT2D eigenvalue weighted by Gasteiger charge is 2.32. The van der Waals surface area contributed by atoms with E-state index in [1.807, 2.05) is 44.4 Å². The number of nitrogens with zero attached hydrogens (tertiary/aromatic N) is 7. The largest absolute Gasteiger partial charge is 0.289 e. The van der Waals surface area contributed by atoms with Crippen LogP contribution in [0.25, 0.3) is 21.1 Å². The first-order chi connectivity index (χ1) is 16.4. The summed E-state index contributed by atoms with van der Waals surface area (Å²) in [5, 5.41) is 19.8. The lowest BCUT2D eigenvalue weighted by molar-refractivity contribution is -0.125. The number of carbonyl (C=O) groups is 1. The van der Waals surface area contributed by atoms with Crippen molar-refractivity contribution in [3.63, 3.8) is 0 Å². The Bertz CT molecular complexity index is 1180. The number of pyridine rings is 2. The Morgan fingerprint density at radius 3 is 2.06 bits per heavy atom. The van der Waals surface area contributed by atoms with E-state index in [2.05, 4.69) is 37.3 Å². The average molecular weight is 514 g/mol. The van der Waals surface area contributed by atoms with Gasteiger partial charge in [-0.3, -0.25) is 19.7 Å². The molecule has 0 saturated carbocycles. The van der Waals surface area contributed by atoms with Crippen LogP contribution in [-0.4, -0.2) is 55.3 Å². The van der Waals surface area contributed by atoms with Crippen LogP contribution in [0, 0.1) is 5.41 Å². The van der Waals surface area contributed by atoms with Gasteiger partial charge < -0.3 is 0 Å². The van der Waals surface area contributed by atoms with Crippen molar-refractivity contribution in [1.82, 2.24) is 30.4 Å². The molecule has 4 aromatic rings. The fraction of sp³-hybridized carbons (Fsp3) is 0.348. The first kappa shape index (κ1) is 25.9. The summed E-state index contributed by atoms with van der Waals surface area (Å²) < 4.78 is 0. The molecule has 0 aliphatic rings. The minimum absolute atomic E-state index is 0.0470. The Morgan fingerprint density at radius 2 is 1.56 bits per heavy atom. The number of hydrogen-bond acceptors (Lipinski definition) is 10. The zero-order chi connectivity index (χ0) is 24.6. The monoisotopic (exact) mass is 513 g/mol. The Balaban J connectivity index is 0.000000212. The number of amides is 1. The standard InChI is InChI=1S/C14H18N4OS2.C9H9N3S/c1-14(2,9-20-4)12(19)18(3)13-17-16-11(21-13)10-6-5-7-15-8-10;1-2-8-11-12-9(13-8)7-4-3-5-10-6-7/h5-8H,9H2,1-4H3;3-6H,2H2,1H3. The highest BCUT2D eigenvalue weighted by molar-refractivity contribution is 7.98. The van der Waals surface area contributed by atoms with Crippen molar-refractivity contribution in [2.75, 3.05) is 24.0 Å². The van der Waals surface area contributed by atoms with Gasteiger partial charge in [0.25, 0.3) is 0 Å². The summed E-state index contributed by atoms with van der Waals surface area (Å²) in [6, 6.07) is 7.68. The number of rotatable bonds is 7. The highest BCUT2D eigenvalue weighted by atomic mass is 32.2. The van der Waals surface area contributed by atoms with Crippen LogP contribution in [0.3, 0.4) is 0 Å². The third kappa shape index (κ3) is 6.64. The molecule has 4 aromatic heterocycles. The predicted molar refractivity (Wildman–Crippen MR) is 141 cm³/mol. The lowest BCUT2D eigenvalue weighted by Crippen LogP contribution is -2.40. The molecule has 1 amide bonds. The van der Waals surface area contributed by atoms with Crippen molar-refractivity contribution in [1.29, 1.82) is 0 Å². The van der Waals surface area contributed by atoms with Crippen LogP contribution in [-0.2, 0) is 11.2 Å². The van der Waals surface area contributed by atoms with E-state index in [0.717, 1.165) is 38.3 Å². The zero-order valence-corrected chi connectivity index (χ0v) is 22.2. The molecule has 0 aliphatic carbocycles. The Morgan fingerprint density at radius 1 is 0.971 bits per heavy atom. The lowest BCUT2D eigenvalue weighted by atomic mass is 9.95.